The van der Waals surface area contributed by atoms with Crippen molar-refractivity contribution < 1.29 is 9.53 Å². The van der Waals surface area contributed by atoms with Crippen molar-refractivity contribution in [2.45, 2.75) is 56.6 Å². The van der Waals surface area contributed by atoms with Crippen LogP contribution in [0.4, 0.5) is 0 Å². The fourth-order valence-electron chi connectivity index (χ4n) is 5.08. The zero-order valence-electron chi connectivity index (χ0n) is 16.4. The number of aryl methyl sites for hydroxylation is 1. The SMILES string of the molecule is [C-]#[N+]C[C@H]1CCc2sc3ncnc(OC4CCC(N5CCNC(=O)C5)CC4)c3c21. The Morgan fingerprint density at radius 2 is 2.14 bits per heavy atom. The van der Waals surface area contributed by atoms with E-state index in [1.807, 2.05) is 0 Å². The molecular formula is C21H25N5O2S. The highest BCUT2D eigenvalue weighted by molar-refractivity contribution is 7.19. The lowest BCUT2D eigenvalue weighted by atomic mass is 9.91. The predicted octanol–water partition coefficient (Wildman–Crippen LogP) is 2.76. The summed E-state index contributed by atoms with van der Waals surface area (Å²) in [5.74, 6) is 1.12. The number of ether oxygens (including phenoxy) is 1. The topological polar surface area (TPSA) is 71.7 Å². The molecular weight excluding hydrogens is 386 g/mol. The summed E-state index contributed by atoms with van der Waals surface area (Å²) in [6.45, 7) is 10.0. The molecule has 1 saturated carbocycles. The number of thiophene rings is 1. The van der Waals surface area contributed by atoms with Crippen LogP contribution in [-0.4, -0.2) is 59.1 Å². The molecule has 2 aromatic heterocycles. The summed E-state index contributed by atoms with van der Waals surface area (Å²) in [5, 5.41) is 3.95. The van der Waals surface area contributed by atoms with Crippen molar-refractivity contribution in [1.82, 2.24) is 20.2 Å². The minimum absolute atomic E-state index is 0.137. The van der Waals surface area contributed by atoms with E-state index in [1.54, 1.807) is 17.7 Å². The molecule has 5 rings (SSSR count). The number of rotatable bonds is 4. The molecule has 0 spiro atoms. The van der Waals surface area contributed by atoms with Crippen molar-refractivity contribution in [2.24, 2.45) is 0 Å². The Balaban J connectivity index is 1.30. The standard InChI is InChI=1S/C21H25N5O2S/c1-22-10-13-2-7-16-18(13)19-20(24-12-25-21(19)29-16)28-15-5-3-14(4-6-15)26-9-8-23-17(27)11-26/h12-15H,2-11H2,(H,23,27)/t13-,14?,15?/m1/s1. The lowest BCUT2D eigenvalue weighted by Crippen LogP contribution is -2.52. The maximum atomic E-state index is 11.7. The minimum Gasteiger partial charge on any atom is -0.474 e. The molecule has 1 N–H and O–H groups in total. The number of carbonyl (C=O) groups is 1. The largest absolute Gasteiger partial charge is 0.474 e. The van der Waals surface area contributed by atoms with Gasteiger partial charge >= 0.3 is 0 Å². The summed E-state index contributed by atoms with van der Waals surface area (Å²) < 4.78 is 6.42. The predicted molar refractivity (Wildman–Crippen MR) is 111 cm³/mol. The third-order valence-corrected chi connectivity index (χ3v) is 7.69. The molecule has 0 unspecified atom stereocenters. The van der Waals surface area contributed by atoms with Crippen LogP contribution in [0.5, 0.6) is 5.88 Å². The van der Waals surface area contributed by atoms with Crippen LogP contribution in [0.15, 0.2) is 6.33 Å². The highest BCUT2D eigenvalue weighted by Crippen LogP contribution is 2.46. The fourth-order valence-corrected chi connectivity index (χ4v) is 6.31. The third-order valence-electron chi connectivity index (χ3n) is 6.51. The van der Waals surface area contributed by atoms with Crippen LogP contribution in [-0.2, 0) is 11.2 Å². The van der Waals surface area contributed by atoms with E-state index in [0.29, 0.717) is 25.0 Å². The number of fused-ring (bicyclic) bond motifs is 3. The molecule has 0 radical (unpaired) electrons. The molecule has 3 heterocycles. The van der Waals surface area contributed by atoms with Gasteiger partial charge in [0.05, 0.1) is 17.8 Å². The monoisotopic (exact) mass is 411 g/mol. The van der Waals surface area contributed by atoms with E-state index in [0.717, 1.165) is 61.8 Å². The van der Waals surface area contributed by atoms with E-state index in [1.165, 1.54) is 10.4 Å². The number of piperazine rings is 1. The second kappa shape index (κ2) is 7.88. The number of carbonyl (C=O) groups excluding carboxylic acids is 1. The first-order valence-electron chi connectivity index (χ1n) is 10.5. The van der Waals surface area contributed by atoms with Gasteiger partial charge in [0.1, 0.15) is 17.3 Å². The first-order valence-corrected chi connectivity index (χ1v) is 11.3. The molecule has 29 heavy (non-hydrogen) atoms. The van der Waals surface area contributed by atoms with Crippen molar-refractivity contribution in [3.63, 3.8) is 0 Å². The Bertz CT molecular complexity index is 960. The van der Waals surface area contributed by atoms with E-state index in [2.05, 4.69) is 25.0 Å². The quantitative estimate of drug-likeness (QED) is 0.784. The maximum absolute atomic E-state index is 11.7. The molecule has 7 nitrogen and oxygen atoms in total. The normalized spacial score (nSPS) is 27.4. The average molecular weight is 412 g/mol. The molecule has 2 aromatic rings. The molecule has 0 bridgehead atoms. The molecule has 2 fully saturated rings. The maximum Gasteiger partial charge on any atom is 0.234 e. The van der Waals surface area contributed by atoms with E-state index in [4.69, 9.17) is 11.3 Å². The Morgan fingerprint density at radius 3 is 2.93 bits per heavy atom. The highest BCUT2D eigenvalue weighted by Gasteiger charge is 2.33. The van der Waals surface area contributed by atoms with Gasteiger partial charge in [-0.2, -0.15) is 0 Å². The zero-order valence-corrected chi connectivity index (χ0v) is 17.2. The second-order valence-electron chi connectivity index (χ2n) is 8.24. The van der Waals surface area contributed by atoms with Crippen LogP contribution >= 0.6 is 11.3 Å². The fraction of sp³-hybridized carbons (Fsp3) is 0.619. The van der Waals surface area contributed by atoms with E-state index in [9.17, 15) is 4.79 Å². The zero-order chi connectivity index (χ0) is 19.8. The molecule has 1 aliphatic heterocycles. The molecule has 152 valence electrons. The molecule has 8 heteroatoms. The van der Waals surface area contributed by atoms with Crippen molar-refractivity contribution >= 4 is 27.5 Å². The Hall–Kier alpha value is -2.24. The Morgan fingerprint density at radius 1 is 1.28 bits per heavy atom. The lowest BCUT2D eigenvalue weighted by molar-refractivity contribution is -0.125. The minimum atomic E-state index is 0.137. The van der Waals surface area contributed by atoms with Crippen LogP contribution in [0.3, 0.4) is 0 Å². The molecule has 1 atom stereocenters. The average Bonchev–Trinajstić information content (AvgIpc) is 3.29. The summed E-state index contributed by atoms with van der Waals surface area (Å²) in [6, 6.07) is 0.472. The molecule has 3 aliphatic rings. The van der Waals surface area contributed by atoms with Crippen LogP contribution < -0.4 is 10.1 Å². The van der Waals surface area contributed by atoms with Crippen molar-refractivity contribution in [2.75, 3.05) is 26.2 Å². The van der Waals surface area contributed by atoms with Gasteiger partial charge in [-0.25, -0.2) is 16.5 Å². The van der Waals surface area contributed by atoms with Crippen molar-refractivity contribution in [3.05, 3.63) is 28.2 Å². The van der Waals surface area contributed by atoms with Gasteiger partial charge in [-0.3, -0.25) is 9.69 Å². The summed E-state index contributed by atoms with van der Waals surface area (Å²) >= 11 is 1.73. The van der Waals surface area contributed by atoms with Gasteiger partial charge in [0, 0.05) is 24.0 Å². The smallest absolute Gasteiger partial charge is 0.234 e. The molecule has 0 aromatic carbocycles. The van der Waals surface area contributed by atoms with E-state index >= 15 is 0 Å². The summed E-state index contributed by atoms with van der Waals surface area (Å²) in [4.78, 5) is 29.0. The van der Waals surface area contributed by atoms with Gasteiger partial charge in [-0.15, -0.1) is 11.3 Å². The first-order chi connectivity index (χ1) is 14.2. The van der Waals surface area contributed by atoms with Crippen LogP contribution in [0.1, 0.15) is 48.5 Å². The van der Waals surface area contributed by atoms with Gasteiger partial charge in [0.2, 0.25) is 18.3 Å². The van der Waals surface area contributed by atoms with Gasteiger partial charge in [0.25, 0.3) is 0 Å². The van der Waals surface area contributed by atoms with Crippen LogP contribution in [0.25, 0.3) is 15.1 Å². The van der Waals surface area contributed by atoms with Gasteiger partial charge in [-0.1, -0.05) is 0 Å². The summed E-state index contributed by atoms with van der Waals surface area (Å²) in [6.07, 6.45) is 7.89. The van der Waals surface area contributed by atoms with Crippen molar-refractivity contribution in [3.8, 4) is 5.88 Å². The number of nitrogens with zero attached hydrogens (tertiary/aromatic N) is 4. The lowest BCUT2D eigenvalue weighted by Gasteiger charge is -2.38. The summed E-state index contributed by atoms with van der Waals surface area (Å²) in [5.41, 5.74) is 1.27. The number of amides is 1. The number of hydrogen-bond donors (Lipinski definition) is 1. The molecule has 1 saturated heterocycles. The van der Waals surface area contributed by atoms with E-state index < -0.39 is 0 Å². The number of aromatic nitrogens is 2. The number of hydrogen-bond acceptors (Lipinski definition) is 6. The van der Waals surface area contributed by atoms with E-state index in [-0.39, 0.29) is 17.9 Å². The molecule has 2 aliphatic carbocycles. The summed E-state index contributed by atoms with van der Waals surface area (Å²) in [7, 11) is 0. The van der Waals surface area contributed by atoms with Gasteiger partial charge < -0.3 is 14.9 Å². The first kappa shape index (κ1) is 18.8. The van der Waals surface area contributed by atoms with Crippen LogP contribution in [0, 0.1) is 6.57 Å². The van der Waals surface area contributed by atoms with Gasteiger partial charge in [0.15, 0.2) is 0 Å². The van der Waals surface area contributed by atoms with Gasteiger partial charge in [-0.05, 0) is 44.1 Å². The number of nitrogens with one attached hydrogen (secondary N) is 1. The Kier molecular flexibility index (Phi) is 5.10. The Labute approximate surface area is 174 Å². The third kappa shape index (κ3) is 3.58. The van der Waals surface area contributed by atoms with Crippen LogP contribution in [0.2, 0.25) is 0 Å². The highest BCUT2D eigenvalue weighted by atomic mass is 32.1. The van der Waals surface area contributed by atoms with Crippen molar-refractivity contribution in [1.29, 1.82) is 0 Å². The molecule has 1 amide bonds. The second-order valence-corrected chi connectivity index (χ2v) is 9.33.